The Morgan fingerprint density at radius 3 is 2.46 bits per heavy atom. The van der Waals surface area contributed by atoms with Gasteiger partial charge in [0.25, 0.3) is 11.8 Å². The summed E-state index contributed by atoms with van der Waals surface area (Å²) in [5.41, 5.74) is 4.05. The first-order valence-electron chi connectivity index (χ1n) is 12.2. The second kappa shape index (κ2) is 9.18. The number of hydrogen-bond donors (Lipinski definition) is 2. The predicted octanol–water partition coefficient (Wildman–Crippen LogP) is 2.85. The van der Waals surface area contributed by atoms with Crippen molar-refractivity contribution < 1.29 is 19.5 Å². The van der Waals surface area contributed by atoms with Crippen molar-refractivity contribution in [3.05, 3.63) is 95.3 Å². The van der Waals surface area contributed by atoms with E-state index in [9.17, 15) is 19.5 Å². The number of hydrogen-bond acceptors (Lipinski definition) is 5. The number of imidazole rings is 1. The van der Waals surface area contributed by atoms with Crippen LogP contribution in [0.4, 0.5) is 5.69 Å². The van der Waals surface area contributed by atoms with Crippen LogP contribution in [0.5, 0.6) is 0 Å². The highest BCUT2D eigenvalue weighted by atomic mass is 16.3. The molecular formula is C28H25N5O4. The number of nitrogens with zero attached hydrogens (tertiary/aromatic N) is 4. The summed E-state index contributed by atoms with van der Waals surface area (Å²) in [4.78, 5) is 47.2. The second-order valence-corrected chi connectivity index (χ2v) is 9.08. The number of carbonyl (C=O) groups is 3. The fourth-order valence-corrected chi connectivity index (χ4v) is 5.31. The molecule has 1 atom stereocenters. The zero-order valence-electron chi connectivity index (χ0n) is 20.0. The van der Waals surface area contributed by atoms with Gasteiger partial charge in [0, 0.05) is 37.2 Å². The summed E-state index contributed by atoms with van der Waals surface area (Å²) in [6.07, 6.45) is -0.491. The Bertz CT molecular complexity index is 1540. The van der Waals surface area contributed by atoms with Crippen LogP contribution >= 0.6 is 0 Å². The van der Waals surface area contributed by atoms with Gasteiger partial charge in [0.15, 0.2) is 0 Å². The van der Waals surface area contributed by atoms with E-state index in [-0.39, 0.29) is 37.3 Å². The molecule has 2 aliphatic rings. The Morgan fingerprint density at radius 2 is 1.62 bits per heavy atom. The third-order valence-corrected chi connectivity index (χ3v) is 7.00. The molecule has 2 N–H and O–H groups in total. The van der Waals surface area contributed by atoms with Crippen molar-refractivity contribution in [1.82, 2.24) is 19.8 Å². The number of fused-ring (bicyclic) bond motifs is 6. The van der Waals surface area contributed by atoms with E-state index >= 15 is 0 Å². The van der Waals surface area contributed by atoms with Crippen LogP contribution in [0.25, 0.3) is 11.0 Å². The monoisotopic (exact) mass is 495 g/mol. The third-order valence-electron chi connectivity index (χ3n) is 7.00. The van der Waals surface area contributed by atoms with E-state index < -0.39 is 6.17 Å². The van der Waals surface area contributed by atoms with Crippen LogP contribution in [0.3, 0.4) is 0 Å². The van der Waals surface area contributed by atoms with E-state index in [4.69, 9.17) is 0 Å². The third kappa shape index (κ3) is 3.75. The van der Waals surface area contributed by atoms with Crippen LogP contribution in [0.2, 0.25) is 0 Å². The zero-order chi connectivity index (χ0) is 25.5. The molecule has 3 amide bonds. The number of para-hydroxylation sites is 3. The summed E-state index contributed by atoms with van der Waals surface area (Å²) in [6, 6.07) is 22.0. The number of aliphatic hydroxyl groups excluding tert-OH is 1. The molecular weight excluding hydrogens is 470 g/mol. The molecule has 9 nitrogen and oxygen atoms in total. The Morgan fingerprint density at radius 1 is 0.892 bits per heavy atom. The van der Waals surface area contributed by atoms with Crippen molar-refractivity contribution in [2.45, 2.75) is 25.7 Å². The molecule has 0 saturated carbocycles. The van der Waals surface area contributed by atoms with Crippen LogP contribution in [0.15, 0.2) is 72.8 Å². The predicted molar refractivity (Wildman–Crippen MR) is 137 cm³/mol. The number of aromatic nitrogens is 2. The van der Waals surface area contributed by atoms with E-state index in [1.165, 1.54) is 0 Å². The lowest BCUT2D eigenvalue weighted by Crippen LogP contribution is -2.49. The van der Waals surface area contributed by atoms with Crippen LogP contribution < -0.4 is 10.2 Å². The lowest BCUT2D eigenvalue weighted by atomic mass is 10.0. The molecule has 9 heteroatoms. The van der Waals surface area contributed by atoms with Gasteiger partial charge in [-0.05, 0) is 30.3 Å². The summed E-state index contributed by atoms with van der Waals surface area (Å²) in [7, 11) is 0. The number of anilines is 1. The minimum Gasteiger partial charge on any atom is -0.388 e. The van der Waals surface area contributed by atoms with Crippen molar-refractivity contribution in [1.29, 1.82) is 0 Å². The average molecular weight is 496 g/mol. The number of rotatable bonds is 7. The molecule has 0 fully saturated rings. The minimum absolute atomic E-state index is 0.0894. The molecule has 3 heterocycles. The van der Waals surface area contributed by atoms with Gasteiger partial charge in [-0.1, -0.05) is 42.5 Å². The van der Waals surface area contributed by atoms with Crippen molar-refractivity contribution in [2.75, 3.05) is 18.0 Å². The Kier molecular flexibility index (Phi) is 5.69. The van der Waals surface area contributed by atoms with Crippen LogP contribution in [-0.2, 0) is 17.9 Å². The van der Waals surface area contributed by atoms with Crippen LogP contribution in [0.1, 0.15) is 44.7 Å². The summed E-state index contributed by atoms with van der Waals surface area (Å²) >= 11 is 0. The lowest BCUT2D eigenvalue weighted by molar-refractivity contribution is -0.121. The fourth-order valence-electron chi connectivity index (χ4n) is 5.31. The largest absolute Gasteiger partial charge is 0.388 e. The van der Waals surface area contributed by atoms with Crippen molar-refractivity contribution >= 4 is 34.4 Å². The van der Waals surface area contributed by atoms with Gasteiger partial charge in [-0.15, -0.1) is 0 Å². The normalized spacial score (nSPS) is 16.1. The van der Waals surface area contributed by atoms with Gasteiger partial charge < -0.3 is 19.9 Å². The Balaban J connectivity index is 1.17. The molecule has 2 aliphatic heterocycles. The number of benzene rings is 3. The molecule has 37 heavy (non-hydrogen) atoms. The maximum absolute atomic E-state index is 13.5. The van der Waals surface area contributed by atoms with E-state index in [0.29, 0.717) is 35.7 Å². The van der Waals surface area contributed by atoms with Gasteiger partial charge in [0.2, 0.25) is 5.91 Å². The van der Waals surface area contributed by atoms with Gasteiger partial charge in [-0.2, -0.15) is 0 Å². The molecule has 186 valence electrons. The second-order valence-electron chi connectivity index (χ2n) is 9.08. The van der Waals surface area contributed by atoms with E-state index in [2.05, 4.69) is 10.3 Å². The minimum atomic E-state index is -0.580. The number of nitrogens with one attached hydrogen (secondary N) is 1. The molecule has 4 aromatic rings. The first-order valence-corrected chi connectivity index (χ1v) is 12.2. The van der Waals surface area contributed by atoms with Gasteiger partial charge in [0.1, 0.15) is 18.6 Å². The zero-order valence-corrected chi connectivity index (χ0v) is 20.0. The Labute approximate surface area is 212 Å². The van der Waals surface area contributed by atoms with Gasteiger partial charge in [-0.3, -0.25) is 19.3 Å². The topological polar surface area (TPSA) is 108 Å². The molecule has 1 aromatic heterocycles. The fraction of sp³-hybridized carbons (Fsp3) is 0.214. The van der Waals surface area contributed by atoms with E-state index in [1.54, 1.807) is 34.1 Å². The summed E-state index contributed by atoms with van der Waals surface area (Å²) in [6.45, 7) is 0.771. The summed E-state index contributed by atoms with van der Waals surface area (Å²) in [5, 5.41) is 12.6. The highest BCUT2D eigenvalue weighted by Crippen LogP contribution is 2.45. The van der Waals surface area contributed by atoms with E-state index in [1.807, 2.05) is 53.1 Å². The SMILES string of the molecule is O=C(CCN1C(=O)c2ccccc2N2C(=O)c3ccccc3C12)NCCn1c(CO)nc2ccccc21. The molecule has 0 bridgehead atoms. The molecule has 0 radical (unpaired) electrons. The average Bonchev–Trinajstić information content (AvgIpc) is 3.44. The van der Waals surface area contributed by atoms with Gasteiger partial charge in [-0.25, -0.2) is 4.98 Å². The van der Waals surface area contributed by atoms with Crippen molar-refractivity contribution in [3.63, 3.8) is 0 Å². The van der Waals surface area contributed by atoms with Crippen molar-refractivity contribution in [3.8, 4) is 0 Å². The molecule has 6 rings (SSSR count). The van der Waals surface area contributed by atoms with Gasteiger partial charge in [0.05, 0.1) is 22.3 Å². The standard InChI is InChI=1S/C28H25N5O4/c34-17-24-30-21-10-4-6-12-23(21)31(24)16-14-29-25(35)13-15-32-26-18-7-1-2-8-19(18)28(37)33(26)22-11-5-3-9-20(22)27(32)36/h1-12,26,34H,13-17H2,(H,29,35). The maximum atomic E-state index is 13.5. The van der Waals surface area contributed by atoms with Crippen molar-refractivity contribution in [2.24, 2.45) is 0 Å². The molecule has 0 spiro atoms. The number of aliphatic hydroxyl groups is 1. The van der Waals surface area contributed by atoms with Gasteiger partial charge >= 0.3 is 0 Å². The Hall–Kier alpha value is -4.50. The lowest BCUT2D eigenvalue weighted by Gasteiger charge is -2.40. The number of carbonyl (C=O) groups excluding carboxylic acids is 3. The first kappa shape index (κ1) is 22.9. The van der Waals surface area contributed by atoms with Crippen LogP contribution in [-0.4, -0.2) is 50.4 Å². The highest BCUT2D eigenvalue weighted by molar-refractivity contribution is 6.16. The molecule has 3 aromatic carbocycles. The molecule has 0 aliphatic carbocycles. The smallest absolute Gasteiger partial charge is 0.260 e. The van der Waals surface area contributed by atoms with E-state index in [0.717, 1.165) is 16.6 Å². The maximum Gasteiger partial charge on any atom is 0.260 e. The summed E-state index contributed by atoms with van der Waals surface area (Å²) in [5.74, 6) is -0.0163. The quantitative estimate of drug-likeness (QED) is 0.410. The van der Waals surface area contributed by atoms with Crippen LogP contribution in [0, 0.1) is 0 Å². The molecule has 1 unspecified atom stereocenters. The number of amides is 3. The highest BCUT2D eigenvalue weighted by Gasteiger charge is 2.47. The molecule has 0 saturated heterocycles. The first-order chi connectivity index (χ1) is 18.1. The summed E-state index contributed by atoms with van der Waals surface area (Å²) < 4.78 is 1.89.